The number of piperidine rings is 1. The molecule has 0 spiro atoms. The first kappa shape index (κ1) is 27.1. The van der Waals surface area contributed by atoms with Gasteiger partial charge in [-0.2, -0.15) is 13.2 Å². The molecule has 2 fully saturated rings. The second-order valence-electron chi connectivity index (χ2n) is 9.68. The summed E-state index contributed by atoms with van der Waals surface area (Å²) in [5.41, 5.74) is 0.862. The van der Waals surface area contributed by atoms with E-state index >= 15 is 0 Å². The van der Waals surface area contributed by atoms with Gasteiger partial charge in [0.15, 0.2) is 0 Å². The van der Waals surface area contributed by atoms with E-state index in [9.17, 15) is 22.8 Å². The molecular weight excluding hydrogens is 507 g/mol. The third-order valence-electron chi connectivity index (χ3n) is 7.33. The van der Waals surface area contributed by atoms with Gasteiger partial charge >= 0.3 is 12.1 Å². The van der Waals surface area contributed by atoms with Crippen LogP contribution in [0.5, 0.6) is 0 Å². The van der Waals surface area contributed by atoms with Crippen LogP contribution in [0.15, 0.2) is 42.5 Å². The van der Waals surface area contributed by atoms with Gasteiger partial charge in [0.25, 0.3) is 0 Å². The van der Waals surface area contributed by atoms with Gasteiger partial charge in [-0.05, 0) is 68.0 Å². The van der Waals surface area contributed by atoms with Crippen molar-refractivity contribution >= 4 is 34.9 Å². The zero-order valence-electron chi connectivity index (χ0n) is 20.6. The normalized spacial score (nSPS) is 20.5. The van der Waals surface area contributed by atoms with Gasteiger partial charge in [0.1, 0.15) is 0 Å². The van der Waals surface area contributed by atoms with Crippen molar-refractivity contribution in [1.29, 1.82) is 0 Å². The van der Waals surface area contributed by atoms with Crippen molar-refractivity contribution in [2.24, 2.45) is 11.8 Å². The molecule has 1 amide bonds. The molecule has 200 valence electrons. The number of ether oxygens (including phenoxy) is 1. The Morgan fingerprint density at radius 2 is 1.84 bits per heavy atom. The highest BCUT2D eigenvalue weighted by atomic mass is 35.5. The quantitative estimate of drug-likeness (QED) is 0.440. The summed E-state index contributed by atoms with van der Waals surface area (Å²) in [6.07, 6.45) is -0.398. The fraction of sp³-hybridized carbons (Fsp3) is 0.481. The Kier molecular flexibility index (Phi) is 8.52. The van der Waals surface area contributed by atoms with Crippen molar-refractivity contribution in [3.05, 3.63) is 58.6 Å². The van der Waals surface area contributed by atoms with E-state index in [1.165, 1.54) is 19.2 Å². The van der Waals surface area contributed by atoms with Crippen LogP contribution in [-0.4, -0.2) is 44.7 Å². The minimum Gasteiger partial charge on any atom is -0.465 e. The van der Waals surface area contributed by atoms with E-state index in [1.54, 1.807) is 24.3 Å². The summed E-state index contributed by atoms with van der Waals surface area (Å²) in [6.45, 7) is 1.63. The average molecular weight is 538 g/mol. The molecular formula is C27H31ClF3N3O3. The van der Waals surface area contributed by atoms with E-state index < -0.39 is 17.7 Å². The molecule has 1 saturated carbocycles. The number of rotatable bonds is 7. The third-order valence-corrected chi connectivity index (χ3v) is 7.57. The summed E-state index contributed by atoms with van der Waals surface area (Å²) >= 11 is 6.12. The van der Waals surface area contributed by atoms with Crippen LogP contribution in [0.1, 0.15) is 48.0 Å². The fourth-order valence-electron chi connectivity index (χ4n) is 5.24. The first-order valence-electron chi connectivity index (χ1n) is 12.5. The fourth-order valence-corrected chi connectivity index (χ4v) is 5.41. The number of nitrogens with zero attached hydrogens (tertiary/aromatic N) is 1. The lowest BCUT2D eigenvalue weighted by atomic mass is 9.94. The number of hydrogen-bond acceptors (Lipinski definition) is 5. The standard InChI is InChI=1S/C27H31ClF3N3O3/c1-37-26(36)22-9-8-20(28)15-24(22)32-16-18-4-2-7-23(18)33-25(35)17-10-12-34(13-11-17)21-6-3-5-19(14-21)27(29,30)31/h3,5-6,8-9,14-15,17-18,23,32H,2,4,7,10-13,16H2,1H3,(H,33,35)/t18-,23-/m0/s1. The summed E-state index contributed by atoms with van der Waals surface area (Å²) in [6, 6.07) is 10.3. The molecule has 0 bridgehead atoms. The van der Waals surface area contributed by atoms with Crippen molar-refractivity contribution in [3.63, 3.8) is 0 Å². The summed E-state index contributed by atoms with van der Waals surface area (Å²) in [5, 5.41) is 7.03. The van der Waals surface area contributed by atoms with Gasteiger partial charge < -0.3 is 20.3 Å². The number of benzene rings is 2. The predicted octanol–water partition coefficient (Wildman–Crippen LogP) is 5.76. The van der Waals surface area contributed by atoms with Crippen molar-refractivity contribution in [3.8, 4) is 0 Å². The summed E-state index contributed by atoms with van der Waals surface area (Å²) in [7, 11) is 1.33. The molecule has 1 heterocycles. The van der Waals surface area contributed by atoms with Crippen molar-refractivity contribution in [2.45, 2.75) is 44.3 Å². The molecule has 37 heavy (non-hydrogen) atoms. The predicted molar refractivity (Wildman–Crippen MR) is 137 cm³/mol. The molecule has 1 aliphatic carbocycles. The van der Waals surface area contributed by atoms with Gasteiger partial charge in [-0.1, -0.05) is 24.1 Å². The van der Waals surface area contributed by atoms with Crippen LogP contribution < -0.4 is 15.5 Å². The Hall–Kier alpha value is -2.94. The Morgan fingerprint density at radius 1 is 1.08 bits per heavy atom. The van der Waals surface area contributed by atoms with Crippen molar-refractivity contribution in [1.82, 2.24) is 5.32 Å². The van der Waals surface area contributed by atoms with Crippen LogP contribution in [0.25, 0.3) is 0 Å². The summed E-state index contributed by atoms with van der Waals surface area (Å²) in [4.78, 5) is 27.0. The van der Waals surface area contributed by atoms with E-state index in [0.717, 1.165) is 25.3 Å². The van der Waals surface area contributed by atoms with Crippen LogP contribution in [0.4, 0.5) is 24.5 Å². The molecule has 0 unspecified atom stereocenters. The Morgan fingerprint density at radius 3 is 2.54 bits per heavy atom. The number of hydrogen-bond donors (Lipinski definition) is 2. The number of esters is 1. The topological polar surface area (TPSA) is 70.7 Å². The monoisotopic (exact) mass is 537 g/mol. The molecule has 10 heteroatoms. The zero-order chi connectivity index (χ0) is 26.6. The van der Waals surface area contributed by atoms with E-state index in [0.29, 0.717) is 54.4 Å². The first-order valence-corrected chi connectivity index (χ1v) is 12.9. The molecule has 1 aliphatic heterocycles. The van der Waals surface area contributed by atoms with Gasteiger partial charge in [0.2, 0.25) is 5.91 Å². The first-order chi connectivity index (χ1) is 17.7. The van der Waals surface area contributed by atoms with E-state index in [1.807, 2.05) is 4.90 Å². The number of carbonyl (C=O) groups excluding carboxylic acids is 2. The molecule has 2 aromatic carbocycles. The Balaban J connectivity index is 1.30. The highest BCUT2D eigenvalue weighted by molar-refractivity contribution is 6.31. The maximum atomic E-state index is 13.1. The lowest BCUT2D eigenvalue weighted by Gasteiger charge is -2.34. The number of anilines is 2. The highest BCUT2D eigenvalue weighted by Crippen LogP contribution is 2.33. The van der Waals surface area contributed by atoms with E-state index in [-0.39, 0.29) is 23.8 Å². The SMILES string of the molecule is COC(=O)c1ccc(Cl)cc1NC[C@@H]1CCC[C@@H]1NC(=O)C1CCN(c2cccc(C(F)(F)F)c2)CC1. The van der Waals surface area contributed by atoms with Crippen LogP contribution in [0.3, 0.4) is 0 Å². The summed E-state index contributed by atoms with van der Waals surface area (Å²) in [5.74, 6) is -0.431. The maximum Gasteiger partial charge on any atom is 0.416 e. The highest BCUT2D eigenvalue weighted by Gasteiger charge is 2.34. The van der Waals surface area contributed by atoms with Gasteiger partial charge in [-0.25, -0.2) is 4.79 Å². The van der Waals surface area contributed by atoms with Gasteiger partial charge in [0.05, 0.1) is 23.9 Å². The third kappa shape index (κ3) is 6.69. The molecule has 2 atom stereocenters. The zero-order valence-corrected chi connectivity index (χ0v) is 21.4. The molecule has 6 nitrogen and oxygen atoms in total. The van der Waals surface area contributed by atoms with Crippen molar-refractivity contribution < 1.29 is 27.5 Å². The van der Waals surface area contributed by atoms with Crippen LogP contribution in [0, 0.1) is 11.8 Å². The van der Waals surface area contributed by atoms with Crippen LogP contribution in [-0.2, 0) is 15.7 Å². The van der Waals surface area contributed by atoms with Gasteiger partial charge in [0, 0.05) is 42.3 Å². The van der Waals surface area contributed by atoms with Crippen LogP contribution >= 0.6 is 11.6 Å². The Bertz CT molecular complexity index is 1120. The lowest BCUT2D eigenvalue weighted by Crippen LogP contribution is -2.46. The number of alkyl halides is 3. The molecule has 0 aromatic heterocycles. The largest absolute Gasteiger partial charge is 0.465 e. The smallest absolute Gasteiger partial charge is 0.416 e. The van der Waals surface area contributed by atoms with Crippen molar-refractivity contribution in [2.75, 3.05) is 37.0 Å². The number of methoxy groups -OCH3 is 1. The minimum absolute atomic E-state index is 0.00130. The maximum absolute atomic E-state index is 13.1. The molecule has 4 rings (SSSR count). The second kappa shape index (κ2) is 11.6. The molecule has 0 radical (unpaired) electrons. The van der Waals surface area contributed by atoms with E-state index in [2.05, 4.69) is 10.6 Å². The van der Waals surface area contributed by atoms with Gasteiger partial charge in [-0.3, -0.25) is 4.79 Å². The number of amides is 1. The van der Waals surface area contributed by atoms with Crippen LogP contribution in [0.2, 0.25) is 5.02 Å². The van der Waals surface area contributed by atoms with E-state index in [4.69, 9.17) is 16.3 Å². The lowest BCUT2D eigenvalue weighted by molar-refractivity contribution is -0.137. The second-order valence-corrected chi connectivity index (χ2v) is 10.1. The molecule has 1 saturated heterocycles. The average Bonchev–Trinajstić information content (AvgIpc) is 3.33. The Labute approximate surface area is 219 Å². The molecule has 2 aromatic rings. The number of nitrogens with one attached hydrogen (secondary N) is 2. The molecule has 2 N–H and O–H groups in total. The van der Waals surface area contributed by atoms with Gasteiger partial charge in [-0.15, -0.1) is 0 Å². The number of halogens is 4. The summed E-state index contributed by atoms with van der Waals surface area (Å²) < 4.78 is 44.1. The molecule has 2 aliphatic rings. The number of carbonyl (C=O) groups is 2. The minimum atomic E-state index is -4.38.